The predicted octanol–water partition coefficient (Wildman–Crippen LogP) is 3.27. The molecule has 2 heterocycles. The van der Waals surface area contributed by atoms with E-state index in [0.29, 0.717) is 5.52 Å². The number of pyridine rings is 1. The topological polar surface area (TPSA) is 81.2 Å². The highest BCUT2D eigenvalue weighted by Gasteiger charge is 2.34. The van der Waals surface area contributed by atoms with Gasteiger partial charge in [0.15, 0.2) is 0 Å². The van der Waals surface area contributed by atoms with Gasteiger partial charge in [-0.15, -0.1) is 0 Å². The van der Waals surface area contributed by atoms with Crippen molar-refractivity contribution >= 4 is 27.6 Å². The Balaban J connectivity index is 2.03. The van der Waals surface area contributed by atoms with Gasteiger partial charge in [-0.05, 0) is 51.5 Å². The first-order chi connectivity index (χ1) is 11.4. The maximum absolute atomic E-state index is 13.0. The van der Waals surface area contributed by atoms with Crippen LogP contribution in [0.3, 0.4) is 0 Å². The van der Waals surface area contributed by atoms with Gasteiger partial charge >= 0.3 is 6.18 Å². The third-order valence-electron chi connectivity index (χ3n) is 3.09. The number of carbonyl (C=O) groups is 1. The fraction of sp³-hybridized carbons (Fsp3) is 0.143. The van der Waals surface area contributed by atoms with Crippen molar-refractivity contribution in [2.45, 2.75) is 11.2 Å². The van der Waals surface area contributed by atoms with Crippen LogP contribution in [0.15, 0.2) is 50.5 Å². The van der Waals surface area contributed by atoms with Crippen molar-refractivity contribution in [3.63, 3.8) is 0 Å². The molecule has 1 amide bonds. The Bertz CT molecular complexity index is 952. The minimum Gasteiger partial charge on any atom is -0.266 e. The summed E-state index contributed by atoms with van der Waals surface area (Å²) >= 11 is 0. The lowest BCUT2D eigenvalue weighted by molar-refractivity contribution is -0.140. The molecule has 1 atom stereocenters. The Morgan fingerprint density at radius 2 is 2.00 bits per heavy atom. The zero-order valence-corrected chi connectivity index (χ0v) is 12.9. The first kappa shape index (κ1) is 16.2. The van der Waals surface area contributed by atoms with Crippen LogP contribution >= 0.6 is 0 Å². The van der Waals surface area contributed by atoms with E-state index in [1.54, 1.807) is 12.1 Å². The molecule has 10 heteroatoms. The molecule has 0 radical (unpaired) electrons. The van der Waals surface area contributed by atoms with E-state index in [0.717, 1.165) is 6.07 Å². The Kier molecular flexibility index (Phi) is 4.14. The fourth-order valence-corrected chi connectivity index (χ4v) is 3.19. The van der Waals surface area contributed by atoms with Gasteiger partial charge in [0.1, 0.15) is 16.1 Å². The van der Waals surface area contributed by atoms with Crippen LogP contribution in [-0.2, 0) is 16.9 Å². The quantitative estimate of drug-likeness (QED) is 0.705. The number of benzene rings is 1. The molecule has 0 N–H and O–H groups in total. The second-order valence-corrected chi connectivity index (χ2v) is 6.19. The van der Waals surface area contributed by atoms with Crippen LogP contribution in [-0.4, -0.2) is 27.5 Å². The maximum Gasteiger partial charge on any atom is 0.419 e. The summed E-state index contributed by atoms with van der Waals surface area (Å²) < 4.78 is 47.5. The van der Waals surface area contributed by atoms with Gasteiger partial charge in [0.25, 0.3) is 5.91 Å². The third kappa shape index (κ3) is 3.04. The van der Waals surface area contributed by atoms with Crippen LogP contribution in [0.2, 0.25) is 0 Å². The average Bonchev–Trinajstić information content (AvgIpc) is 3.02. The summed E-state index contributed by atoms with van der Waals surface area (Å²) in [6.07, 6.45) is -1.94. The highest BCUT2D eigenvalue weighted by molar-refractivity contribution is 7.86. The third-order valence-corrected chi connectivity index (χ3v) is 4.42. The molecule has 124 valence electrons. The van der Waals surface area contributed by atoms with E-state index in [1.165, 1.54) is 24.6 Å². The normalized spacial score (nSPS) is 13.3. The van der Waals surface area contributed by atoms with Crippen LogP contribution in [0.1, 0.15) is 15.9 Å². The van der Waals surface area contributed by atoms with Gasteiger partial charge in [-0.3, -0.25) is 4.79 Å². The van der Waals surface area contributed by atoms with Crippen LogP contribution in [0, 0.1) is 0 Å². The van der Waals surface area contributed by atoms with Crippen molar-refractivity contribution in [3.8, 4) is 0 Å². The number of halogens is 3. The van der Waals surface area contributed by atoms with E-state index in [9.17, 15) is 18.0 Å². The van der Waals surface area contributed by atoms with Gasteiger partial charge in [-0.1, -0.05) is 6.07 Å². The molecule has 0 aliphatic rings. The lowest BCUT2D eigenvalue weighted by Gasteiger charge is -2.11. The van der Waals surface area contributed by atoms with Crippen molar-refractivity contribution in [1.82, 2.24) is 15.3 Å². The molecule has 1 unspecified atom stereocenters. The molecule has 0 fully saturated rings. The number of nitrogens with zero attached hydrogens (tertiary/aromatic N) is 4. The lowest BCUT2D eigenvalue weighted by Crippen LogP contribution is -2.12. The first-order valence-corrected chi connectivity index (χ1v) is 8.12. The largest absolute Gasteiger partial charge is 0.419 e. The van der Waals surface area contributed by atoms with Crippen molar-refractivity contribution < 1.29 is 22.6 Å². The molecule has 3 aromatic rings. The van der Waals surface area contributed by atoms with Crippen LogP contribution in [0.5, 0.6) is 0 Å². The van der Waals surface area contributed by atoms with E-state index in [4.69, 9.17) is 0 Å². The number of fused-ring (bicyclic) bond motifs is 1. The summed E-state index contributed by atoms with van der Waals surface area (Å²) in [6, 6.07) is 6.71. The molecule has 1 aromatic carbocycles. The molecule has 0 aliphatic heterocycles. The minimum atomic E-state index is -4.57. The van der Waals surface area contributed by atoms with E-state index >= 15 is 0 Å². The molecule has 0 spiro atoms. The van der Waals surface area contributed by atoms with Gasteiger partial charge < -0.3 is 0 Å². The van der Waals surface area contributed by atoms with Crippen LogP contribution < -0.4 is 0 Å². The number of carbonyl (C=O) groups excluding carboxylic acids is 1. The van der Waals surface area contributed by atoms with E-state index < -0.39 is 28.3 Å². The SMILES string of the molecule is CS(=NC(=O)c1cccc2nonc12)c1ncccc1C(F)(F)F. The van der Waals surface area contributed by atoms with E-state index in [2.05, 4.69) is 24.3 Å². The van der Waals surface area contributed by atoms with Crippen LogP contribution in [0.4, 0.5) is 13.2 Å². The molecule has 2 aromatic heterocycles. The predicted molar refractivity (Wildman–Crippen MR) is 79.4 cm³/mol. The zero-order chi connectivity index (χ0) is 17.3. The van der Waals surface area contributed by atoms with E-state index in [1.807, 2.05) is 0 Å². The number of aromatic nitrogens is 3. The maximum atomic E-state index is 13.0. The molecule has 24 heavy (non-hydrogen) atoms. The van der Waals surface area contributed by atoms with Gasteiger partial charge in [0.05, 0.1) is 11.1 Å². The Labute approximate surface area is 135 Å². The van der Waals surface area contributed by atoms with Gasteiger partial charge in [0.2, 0.25) is 0 Å². The Morgan fingerprint density at radius 3 is 2.75 bits per heavy atom. The van der Waals surface area contributed by atoms with Crippen molar-refractivity contribution in [2.75, 3.05) is 6.26 Å². The molecule has 0 saturated carbocycles. The summed E-state index contributed by atoms with van der Waals surface area (Å²) in [5, 5.41) is 6.94. The Morgan fingerprint density at radius 1 is 1.21 bits per heavy atom. The smallest absolute Gasteiger partial charge is 0.266 e. The molecule has 0 aliphatic carbocycles. The second kappa shape index (κ2) is 6.11. The molecule has 6 nitrogen and oxygen atoms in total. The summed E-state index contributed by atoms with van der Waals surface area (Å²) in [5.41, 5.74) is -0.229. The second-order valence-electron chi connectivity index (χ2n) is 4.67. The number of hydrogen-bond donors (Lipinski definition) is 0. The first-order valence-electron chi connectivity index (χ1n) is 6.53. The monoisotopic (exact) mass is 354 g/mol. The van der Waals surface area contributed by atoms with Crippen molar-refractivity contribution in [3.05, 3.63) is 47.7 Å². The summed E-state index contributed by atoms with van der Waals surface area (Å²) in [4.78, 5) is 16.1. The van der Waals surface area contributed by atoms with Crippen molar-refractivity contribution in [1.29, 1.82) is 0 Å². The van der Waals surface area contributed by atoms with Gasteiger partial charge in [-0.2, -0.15) is 17.5 Å². The highest BCUT2D eigenvalue weighted by Crippen LogP contribution is 2.32. The molecule has 0 bridgehead atoms. The fourth-order valence-electron chi connectivity index (χ4n) is 2.04. The van der Waals surface area contributed by atoms with Gasteiger partial charge in [-0.25, -0.2) is 9.61 Å². The number of alkyl halides is 3. The Hall–Kier alpha value is -2.62. The van der Waals surface area contributed by atoms with Crippen molar-refractivity contribution in [2.24, 2.45) is 4.36 Å². The molecule has 3 rings (SSSR count). The standard InChI is InChI=1S/C14H9F3N4O2S/c1-24(13-9(14(15,16)17)5-3-7-18-13)21-12(22)8-4-2-6-10-11(8)20-23-19-10/h2-7H,1H3. The minimum absolute atomic E-state index is 0.109. The van der Waals surface area contributed by atoms with Crippen LogP contribution in [0.25, 0.3) is 11.0 Å². The molecular weight excluding hydrogens is 345 g/mol. The highest BCUT2D eigenvalue weighted by atomic mass is 32.2. The molecular formula is C14H9F3N4O2S. The number of rotatable bonds is 2. The zero-order valence-electron chi connectivity index (χ0n) is 12.1. The van der Waals surface area contributed by atoms with E-state index in [-0.39, 0.29) is 16.1 Å². The van der Waals surface area contributed by atoms with Gasteiger partial charge in [0, 0.05) is 6.20 Å². The summed E-state index contributed by atoms with van der Waals surface area (Å²) in [7, 11) is -1.39. The number of hydrogen-bond acceptors (Lipinski definition) is 5. The average molecular weight is 354 g/mol. The lowest BCUT2D eigenvalue weighted by atomic mass is 10.2. The summed E-state index contributed by atoms with van der Waals surface area (Å²) in [6.45, 7) is 0. The molecule has 0 saturated heterocycles. The number of amides is 1. The summed E-state index contributed by atoms with van der Waals surface area (Å²) in [5.74, 6) is -0.707.